The molecule has 0 heterocycles. The summed E-state index contributed by atoms with van der Waals surface area (Å²) in [6.07, 6.45) is 1.75. The number of nitriles is 1. The van der Waals surface area contributed by atoms with Gasteiger partial charge in [0.2, 0.25) is 0 Å². The number of hydrogen-bond acceptors (Lipinski definition) is 4. The topological polar surface area (TPSA) is 66.9 Å². The second kappa shape index (κ2) is 7.27. The maximum absolute atomic E-state index is 10.6. The van der Waals surface area contributed by atoms with E-state index in [0.29, 0.717) is 11.3 Å². The molecule has 5 heteroatoms. The van der Waals surface area contributed by atoms with E-state index in [9.17, 15) is 10.1 Å². The quantitative estimate of drug-likeness (QED) is 0.357. The highest BCUT2D eigenvalue weighted by atomic mass is 32.2. The molecule has 0 N–H and O–H groups in total. The summed E-state index contributed by atoms with van der Waals surface area (Å²) >= 11 is 1.58. The van der Waals surface area contributed by atoms with Crippen LogP contribution in [0.5, 0.6) is 0 Å². The lowest BCUT2D eigenvalue weighted by molar-refractivity contribution is -0.384. The zero-order chi connectivity index (χ0) is 15.1. The first-order chi connectivity index (χ1) is 10.2. The first-order valence-corrected chi connectivity index (χ1v) is 7.20. The fourth-order valence-electron chi connectivity index (χ4n) is 1.68. The van der Waals surface area contributed by atoms with E-state index in [1.165, 1.54) is 12.1 Å². The lowest BCUT2D eigenvalue weighted by atomic mass is 10.1. The summed E-state index contributed by atoms with van der Waals surface area (Å²) in [6, 6.07) is 18.2. The third-order valence-corrected chi connectivity index (χ3v) is 3.79. The maximum atomic E-state index is 10.6. The highest BCUT2D eigenvalue weighted by Crippen LogP contribution is 2.21. The monoisotopic (exact) mass is 296 g/mol. The van der Waals surface area contributed by atoms with E-state index >= 15 is 0 Å². The van der Waals surface area contributed by atoms with Crippen molar-refractivity contribution in [2.45, 2.75) is 4.90 Å². The molecule has 2 aromatic carbocycles. The minimum atomic E-state index is -0.441. The number of nitrogens with zero attached hydrogens (tertiary/aromatic N) is 2. The van der Waals surface area contributed by atoms with E-state index in [-0.39, 0.29) is 5.69 Å². The molecule has 0 spiro atoms. The van der Waals surface area contributed by atoms with E-state index in [4.69, 9.17) is 5.26 Å². The molecule has 0 unspecified atom stereocenters. The second-order valence-electron chi connectivity index (χ2n) is 4.23. The molecule has 0 amide bonds. The van der Waals surface area contributed by atoms with Gasteiger partial charge in [-0.1, -0.05) is 18.2 Å². The minimum Gasteiger partial charge on any atom is -0.258 e. The van der Waals surface area contributed by atoms with Gasteiger partial charge < -0.3 is 0 Å². The van der Waals surface area contributed by atoms with E-state index < -0.39 is 4.92 Å². The van der Waals surface area contributed by atoms with Crippen LogP contribution in [-0.2, 0) is 0 Å². The molecule has 21 heavy (non-hydrogen) atoms. The minimum absolute atomic E-state index is 0.0457. The predicted octanol–water partition coefficient (Wildman–Crippen LogP) is 4.29. The van der Waals surface area contributed by atoms with Gasteiger partial charge in [0.05, 0.1) is 11.0 Å². The second-order valence-corrected chi connectivity index (χ2v) is 5.28. The summed E-state index contributed by atoms with van der Waals surface area (Å²) < 4.78 is 0. The van der Waals surface area contributed by atoms with Gasteiger partial charge in [-0.3, -0.25) is 10.1 Å². The van der Waals surface area contributed by atoms with Crippen molar-refractivity contribution < 1.29 is 4.92 Å². The van der Waals surface area contributed by atoms with Crippen LogP contribution in [0.1, 0.15) is 5.56 Å². The first-order valence-electron chi connectivity index (χ1n) is 6.22. The molecule has 0 saturated carbocycles. The third-order valence-electron chi connectivity index (χ3n) is 2.73. The lowest BCUT2D eigenvalue weighted by Crippen LogP contribution is -1.88. The van der Waals surface area contributed by atoms with Crippen molar-refractivity contribution in [2.24, 2.45) is 0 Å². The van der Waals surface area contributed by atoms with E-state index in [1.54, 1.807) is 30.0 Å². The van der Waals surface area contributed by atoms with Gasteiger partial charge in [-0.05, 0) is 35.9 Å². The number of hydrogen-bond donors (Lipinski definition) is 0. The molecule has 0 saturated heterocycles. The van der Waals surface area contributed by atoms with Crippen LogP contribution >= 0.6 is 11.8 Å². The fourth-order valence-corrected chi connectivity index (χ4v) is 2.50. The summed E-state index contributed by atoms with van der Waals surface area (Å²) in [5.74, 6) is 0.567. The van der Waals surface area contributed by atoms with Crippen molar-refractivity contribution in [1.82, 2.24) is 0 Å². The molecule has 2 rings (SSSR count). The van der Waals surface area contributed by atoms with Gasteiger partial charge in [0.25, 0.3) is 5.69 Å². The van der Waals surface area contributed by atoms with Gasteiger partial charge in [0, 0.05) is 28.4 Å². The Balaban J connectivity index is 2.06. The Morgan fingerprint density at radius 1 is 1.19 bits per heavy atom. The van der Waals surface area contributed by atoms with Crippen molar-refractivity contribution in [3.63, 3.8) is 0 Å². The number of non-ortho nitro benzene ring substituents is 1. The van der Waals surface area contributed by atoms with Crippen LogP contribution in [0.25, 0.3) is 6.08 Å². The Hall–Kier alpha value is -2.58. The van der Waals surface area contributed by atoms with Crippen LogP contribution in [0.4, 0.5) is 5.69 Å². The lowest BCUT2D eigenvalue weighted by Gasteiger charge is -2.00. The molecule has 0 fully saturated rings. The van der Waals surface area contributed by atoms with Crippen molar-refractivity contribution in [1.29, 1.82) is 5.26 Å². The summed E-state index contributed by atoms with van der Waals surface area (Å²) in [5.41, 5.74) is 1.45. The third kappa shape index (κ3) is 4.48. The number of nitro benzene ring substituents is 1. The normalized spacial score (nSPS) is 10.9. The van der Waals surface area contributed by atoms with Gasteiger partial charge in [-0.15, -0.1) is 11.8 Å². The average Bonchev–Trinajstić information content (AvgIpc) is 2.53. The van der Waals surface area contributed by atoms with Crippen LogP contribution < -0.4 is 0 Å². The Morgan fingerprint density at radius 3 is 2.43 bits per heavy atom. The van der Waals surface area contributed by atoms with Crippen LogP contribution in [0.15, 0.2) is 65.1 Å². The van der Waals surface area contributed by atoms with Gasteiger partial charge >= 0.3 is 0 Å². The Labute approximate surface area is 126 Å². The highest BCUT2D eigenvalue weighted by Gasteiger charge is 2.04. The fraction of sp³-hybridized carbons (Fsp3) is 0.0625. The van der Waals surface area contributed by atoms with Crippen molar-refractivity contribution in [2.75, 3.05) is 5.75 Å². The molecular formula is C16H12N2O2S. The SMILES string of the molecule is N#C/C(=C\c1ccc([N+](=O)[O-])cc1)CSc1ccccc1. The van der Waals surface area contributed by atoms with Crippen molar-refractivity contribution >= 4 is 23.5 Å². The Kier molecular flexibility index (Phi) is 5.13. The molecule has 104 valence electrons. The number of benzene rings is 2. The molecule has 2 aromatic rings. The molecule has 4 nitrogen and oxygen atoms in total. The highest BCUT2D eigenvalue weighted by molar-refractivity contribution is 7.99. The average molecular weight is 296 g/mol. The van der Waals surface area contributed by atoms with Gasteiger partial charge in [0.15, 0.2) is 0 Å². The molecule has 0 aliphatic rings. The first kappa shape index (κ1) is 14.8. The molecule has 0 aromatic heterocycles. The summed E-state index contributed by atoms with van der Waals surface area (Å²) in [7, 11) is 0. The van der Waals surface area contributed by atoms with E-state index in [1.807, 2.05) is 30.3 Å². The van der Waals surface area contributed by atoms with Crippen LogP contribution in [0.3, 0.4) is 0 Å². The summed E-state index contributed by atoms with van der Waals surface area (Å²) in [5, 5.41) is 19.8. The Morgan fingerprint density at radius 2 is 1.86 bits per heavy atom. The Bertz CT molecular complexity index is 688. The summed E-state index contributed by atoms with van der Waals surface area (Å²) in [4.78, 5) is 11.2. The zero-order valence-electron chi connectivity index (χ0n) is 11.1. The van der Waals surface area contributed by atoms with Crippen molar-refractivity contribution in [3.8, 4) is 6.07 Å². The molecule has 0 atom stereocenters. The van der Waals surface area contributed by atoms with Crippen LogP contribution in [0.2, 0.25) is 0 Å². The number of thioether (sulfide) groups is 1. The van der Waals surface area contributed by atoms with Gasteiger partial charge in [-0.2, -0.15) is 5.26 Å². The standard InChI is InChI=1S/C16H12N2O2S/c17-11-14(12-21-16-4-2-1-3-5-16)10-13-6-8-15(9-7-13)18(19)20/h1-10H,12H2/b14-10+. The van der Waals surface area contributed by atoms with Gasteiger partial charge in [0.1, 0.15) is 0 Å². The molecular weight excluding hydrogens is 284 g/mol. The zero-order valence-corrected chi connectivity index (χ0v) is 11.9. The number of nitro groups is 1. The maximum Gasteiger partial charge on any atom is 0.269 e. The molecule has 0 aliphatic carbocycles. The van der Waals surface area contributed by atoms with Crippen LogP contribution in [-0.4, -0.2) is 10.7 Å². The smallest absolute Gasteiger partial charge is 0.258 e. The van der Waals surface area contributed by atoms with E-state index in [0.717, 1.165) is 10.5 Å². The number of rotatable bonds is 5. The van der Waals surface area contributed by atoms with Crippen LogP contribution in [0, 0.1) is 21.4 Å². The molecule has 0 aliphatic heterocycles. The molecule has 0 bridgehead atoms. The summed E-state index contributed by atoms with van der Waals surface area (Å²) in [6.45, 7) is 0. The van der Waals surface area contributed by atoms with Crippen molar-refractivity contribution in [3.05, 3.63) is 75.8 Å². The van der Waals surface area contributed by atoms with Gasteiger partial charge in [-0.25, -0.2) is 0 Å². The van der Waals surface area contributed by atoms with E-state index in [2.05, 4.69) is 6.07 Å². The largest absolute Gasteiger partial charge is 0.269 e. The predicted molar refractivity (Wildman–Crippen MR) is 83.9 cm³/mol. The molecule has 0 radical (unpaired) electrons.